The van der Waals surface area contributed by atoms with Crippen molar-refractivity contribution in [3.8, 4) is 17.9 Å². The SMILES string of the molecule is CC1(C)CNC(=O)c2cc(C#Cc3cc(C#N)ccc3F)cnc2C1. The van der Waals surface area contributed by atoms with Crippen LogP contribution in [0.25, 0.3) is 0 Å². The second-order valence-electron chi connectivity index (χ2n) is 6.80. The van der Waals surface area contributed by atoms with Gasteiger partial charge in [-0.05, 0) is 36.1 Å². The molecule has 0 aliphatic carbocycles. The summed E-state index contributed by atoms with van der Waals surface area (Å²) in [5, 5.41) is 11.8. The molecule has 25 heavy (non-hydrogen) atoms. The molecule has 0 spiro atoms. The average Bonchev–Trinajstić information content (AvgIpc) is 2.70. The lowest BCUT2D eigenvalue weighted by atomic mass is 9.87. The highest BCUT2D eigenvalue weighted by molar-refractivity contribution is 5.96. The van der Waals surface area contributed by atoms with Crippen LogP contribution in [0.2, 0.25) is 0 Å². The highest BCUT2D eigenvalue weighted by Gasteiger charge is 2.27. The highest BCUT2D eigenvalue weighted by atomic mass is 19.1. The molecule has 2 aromatic rings. The average molecular weight is 333 g/mol. The van der Waals surface area contributed by atoms with Crippen molar-refractivity contribution in [3.05, 3.63) is 64.2 Å². The van der Waals surface area contributed by atoms with Crippen LogP contribution in [0.1, 0.15) is 46.6 Å². The van der Waals surface area contributed by atoms with Crippen LogP contribution in [0.4, 0.5) is 4.39 Å². The number of carbonyl (C=O) groups is 1. The lowest BCUT2D eigenvalue weighted by Gasteiger charge is -2.21. The number of hydrogen-bond acceptors (Lipinski definition) is 3. The normalized spacial score (nSPS) is 15.0. The molecule has 1 amide bonds. The Morgan fingerprint density at radius 2 is 2.04 bits per heavy atom. The molecule has 1 aliphatic heterocycles. The second-order valence-corrected chi connectivity index (χ2v) is 6.80. The van der Waals surface area contributed by atoms with Crippen molar-refractivity contribution in [2.24, 2.45) is 5.41 Å². The molecule has 4 nitrogen and oxygen atoms in total. The fraction of sp³-hybridized carbons (Fsp3) is 0.250. The van der Waals surface area contributed by atoms with Crippen LogP contribution in [0.3, 0.4) is 0 Å². The molecule has 0 unspecified atom stereocenters. The van der Waals surface area contributed by atoms with E-state index in [1.807, 2.05) is 6.07 Å². The van der Waals surface area contributed by atoms with Gasteiger partial charge in [-0.15, -0.1) is 0 Å². The number of nitrogens with one attached hydrogen (secondary N) is 1. The molecule has 0 saturated carbocycles. The third kappa shape index (κ3) is 3.67. The first-order valence-corrected chi connectivity index (χ1v) is 7.87. The minimum Gasteiger partial charge on any atom is -0.351 e. The van der Waals surface area contributed by atoms with E-state index in [4.69, 9.17) is 5.26 Å². The number of carbonyl (C=O) groups excluding carboxylic acids is 1. The van der Waals surface area contributed by atoms with Gasteiger partial charge in [0, 0.05) is 18.3 Å². The molecule has 1 aliphatic rings. The van der Waals surface area contributed by atoms with Crippen molar-refractivity contribution in [1.82, 2.24) is 10.3 Å². The Hall–Kier alpha value is -3.18. The zero-order valence-electron chi connectivity index (χ0n) is 14.0. The van der Waals surface area contributed by atoms with Gasteiger partial charge in [-0.1, -0.05) is 25.7 Å². The number of nitriles is 1. The van der Waals surface area contributed by atoms with E-state index in [2.05, 4.69) is 36.0 Å². The number of fused-ring (bicyclic) bond motifs is 1. The van der Waals surface area contributed by atoms with Crippen molar-refractivity contribution in [3.63, 3.8) is 0 Å². The standard InChI is InChI=1S/C20H16FN3O/c1-20(2)9-18-16(19(25)24-12-20)8-14(11-23-18)3-5-15-7-13(10-22)4-6-17(15)21/h4,6-8,11H,9,12H2,1-2H3,(H,24,25). The van der Waals surface area contributed by atoms with E-state index in [0.717, 1.165) is 5.69 Å². The topological polar surface area (TPSA) is 65.8 Å². The van der Waals surface area contributed by atoms with Crippen LogP contribution in [0.15, 0.2) is 30.5 Å². The van der Waals surface area contributed by atoms with Gasteiger partial charge in [-0.3, -0.25) is 9.78 Å². The minimum absolute atomic E-state index is 0.0675. The summed E-state index contributed by atoms with van der Waals surface area (Å²) in [7, 11) is 0. The predicted octanol–water partition coefficient (Wildman–Crippen LogP) is 2.80. The number of pyridine rings is 1. The number of halogens is 1. The molecule has 0 saturated heterocycles. The van der Waals surface area contributed by atoms with Crippen LogP contribution < -0.4 is 5.32 Å². The molecule has 0 atom stereocenters. The van der Waals surface area contributed by atoms with Crippen LogP contribution >= 0.6 is 0 Å². The number of hydrogen-bond donors (Lipinski definition) is 1. The first kappa shape index (κ1) is 16.7. The Labute approximate surface area is 145 Å². The Kier molecular flexibility index (Phi) is 4.25. The van der Waals surface area contributed by atoms with Gasteiger partial charge in [0.05, 0.1) is 28.5 Å². The van der Waals surface area contributed by atoms with Crippen molar-refractivity contribution in [2.75, 3.05) is 6.54 Å². The van der Waals surface area contributed by atoms with Crippen molar-refractivity contribution in [2.45, 2.75) is 20.3 Å². The van der Waals surface area contributed by atoms with Gasteiger partial charge >= 0.3 is 0 Å². The van der Waals surface area contributed by atoms with Crippen LogP contribution in [0.5, 0.6) is 0 Å². The summed E-state index contributed by atoms with van der Waals surface area (Å²) in [6.45, 7) is 4.72. The summed E-state index contributed by atoms with van der Waals surface area (Å²) in [5.41, 5.74) is 2.18. The summed E-state index contributed by atoms with van der Waals surface area (Å²) in [6, 6.07) is 7.65. The number of aromatic nitrogens is 1. The van der Waals surface area contributed by atoms with E-state index >= 15 is 0 Å². The zero-order valence-corrected chi connectivity index (χ0v) is 14.0. The number of rotatable bonds is 0. The third-order valence-electron chi connectivity index (χ3n) is 4.03. The van der Waals surface area contributed by atoms with Gasteiger partial charge in [-0.25, -0.2) is 4.39 Å². The Morgan fingerprint density at radius 1 is 1.24 bits per heavy atom. The molecule has 5 heteroatoms. The summed E-state index contributed by atoms with van der Waals surface area (Å²) in [4.78, 5) is 16.6. The molecular weight excluding hydrogens is 317 g/mol. The molecule has 2 heterocycles. The van der Waals surface area contributed by atoms with Gasteiger partial charge in [-0.2, -0.15) is 5.26 Å². The zero-order chi connectivity index (χ0) is 18.0. The van der Waals surface area contributed by atoms with E-state index < -0.39 is 5.82 Å². The van der Waals surface area contributed by atoms with E-state index in [1.54, 1.807) is 12.3 Å². The predicted molar refractivity (Wildman–Crippen MR) is 91.2 cm³/mol. The molecule has 1 N–H and O–H groups in total. The molecule has 1 aromatic carbocycles. The first-order valence-electron chi connectivity index (χ1n) is 7.87. The molecule has 0 fully saturated rings. The van der Waals surface area contributed by atoms with Crippen LogP contribution in [0, 0.1) is 34.4 Å². The Balaban J connectivity index is 1.97. The van der Waals surface area contributed by atoms with E-state index in [0.29, 0.717) is 29.7 Å². The van der Waals surface area contributed by atoms with Crippen molar-refractivity contribution in [1.29, 1.82) is 5.26 Å². The fourth-order valence-electron chi connectivity index (χ4n) is 2.66. The number of amides is 1. The second kappa shape index (κ2) is 6.37. The summed E-state index contributed by atoms with van der Waals surface area (Å²) >= 11 is 0. The fourth-order valence-corrected chi connectivity index (χ4v) is 2.66. The largest absolute Gasteiger partial charge is 0.351 e. The maximum Gasteiger partial charge on any atom is 0.253 e. The molecule has 124 valence electrons. The van der Waals surface area contributed by atoms with Crippen LogP contribution in [-0.4, -0.2) is 17.4 Å². The van der Waals surface area contributed by atoms with Gasteiger partial charge in [0.2, 0.25) is 0 Å². The monoisotopic (exact) mass is 333 g/mol. The summed E-state index contributed by atoms with van der Waals surface area (Å²) in [5.74, 6) is 4.87. The molecule has 1 aromatic heterocycles. The Bertz CT molecular complexity index is 961. The number of benzene rings is 1. The van der Waals surface area contributed by atoms with Gasteiger partial charge in [0.1, 0.15) is 5.82 Å². The molecular formula is C20H16FN3O. The first-order chi connectivity index (χ1) is 11.9. The lowest BCUT2D eigenvalue weighted by molar-refractivity contribution is 0.0944. The maximum atomic E-state index is 13.8. The van der Waals surface area contributed by atoms with E-state index in [9.17, 15) is 9.18 Å². The smallest absolute Gasteiger partial charge is 0.253 e. The van der Waals surface area contributed by atoms with Crippen molar-refractivity contribution >= 4 is 5.91 Å². The van der Waals surface area contributed by atoms with Gasteiger partial charge in [0.15, 0.2) is 0 Å². The highest BCUT2D eigenvalue weighted by Crippen LogP contribution is 2.25. The lowest BCUT2D eigenvalue weighted by Crippen LogP contribution is -2.31. The summed E-state index contributed by atoms with van der Waals surface area (Å²) < 4.78 is 13.8. The van der Waals surface area contributed by atoms with Gasteiger partial charge < -0.3 is 5.32 Å². The molecule has 0 radical (unpaired) electrons. The number of nitrogens with zero attached hydrogens (tertiary/aromatic N) is 2. The molecule has 3 rings (SSSR count). The molecule has 0 bridgehead atoms. The minimum atomic E-state index is -0.492. The van der Waals surface area contributed by atoms with Crippen molar-refractivity contribution < 1.29 is 9.18 Å². The maximum absolute atomic E-state index is 13.8. The van der Waals surface area contributed by atoms with E-state index in [1.165, 1.54) is 18.2 Å². The third-order valence-corrected chi connectivity index (χ3v) is 4.03. The van der Waals surface area contributed by atoms with Gasteiger partial charge in [0.25, 0.3) is 5.91 Å². The summed E-state index contributed by atoms with van der Waals surface area (Å²) in [6.07, 6.45) is 2.28. The van der Waals surface area contributed by atoms with Crippen LogP contribution in [-0.2, 0) is 6.42 Å². The Morgan fingerprint density at radius 3 is 2.80 bits per heavy atom. The quantitative estimate of drug-likeness (QED) is 0.754. The van der Waals surface area contributed by atoms with E-state index in [-0.39, 0.29) is 16.9 Å².